The Morgan fingerprint density at radius 1 is 1.00 bits per heavy atom. The molecule has 0 saturated carbocycles. The second-order valence-corrected chi connectivity index (χ2v) is 8.62. The van der Waals surface area contributed by atoms with Crippen molar-refractivity contribution in [3.05, 3.63) is 88.7 Å². The number of fused-ring (bicyclic) bond motifs is 1. The number of amides is 1. The molecule has 1 amide bonds. The van der Waals surface area contributed by atoms with Crippen LogP contribution in [0.25, 0.3) is 11.0 Å². The third-order valence-corrected chi connectivity index (χ3v) is 5.82. The molecule has 3 aromatic carbocycles. The number of hydrogen-bond donors (Lipinski definition) is 1. The number of para-hydroxylation sites is 3. The summed E-state index contributed by atoms with van der Waals surface area (Å²) in [7, 11) is 0. The van der Waals surface area contributed by atoms with Crippen LogP contribution in [0.1, 0.15) is 25.2 Å². The van der Waals surface area contributed by atoms with E-state index in [0.29, 0.717) is 34.7 Å². The van der Waals surface area contributed by atoms with Gasteiger partial charge >= 0.3 is 0 Å². The number of halogens is 2. The maximum atomic E-state index is 12.5. The van der Waals surface area contributed by atoms with Gasteiger partial charge in [-0.15, -0.1) is 0 Å². The molecule has 0 aliphatic carbocycles. The third-order valence-electron chi connectivity index (χ3n) is 5.25. The number of nitrogens with one attached hydrogen (secondary N) is 1. The monoisotopic (exact) mass is 497 g/mol. The molecule has 1 heterocycles. The molecule has 8 heteroatoms. The summed E-state index contributed by atoms with van der Waals surface area (Å²) in [6, 6.07) is 21.9. The minimum Gasteiger partial charge on any atom is -0.492 e. The van der Waals surface area contributed by atoms with Crippen LogP contribution in [-0.4, -0.2) is 28.7 Å². The molecule has 1 N–H and O–H groups in total. The van der Waals surface area contributed by atoms with Crippen molar-refractivity contribution in [3.63, 3.8) is 0 Å². The van der Waals surface area contributed by atoms with E-state index in [-0.39, 0.29) is 18.6 Å². The van der Waals surface area contributed by atoms with Crippen molar-refractivity contribution in [1.29, 1.82) is 0 Å². The number of aromatic nitrogens is 2. The molecule has 1 unspecified atom stereocenters. The van der Waals surface area contributed by atoms with Gasteiger partial charge in [0.05, 0.1) is 28.7 Å². The lowest BCUT2D eigenvalue weighted by Crippen LogP contribution is -2.32. The summed E-state index contributed by atoms with van der Waals surface area (Å²) in [6.07, 6.45) is 0.749. The first kappa shape index (κ1) is 23.9. The molecule has 0 aliphatic rings. The van der Waals surface area contributed by atoms with Crippen LogP contribution in [0.4, 0.5) is 0 Å². The van der Waals surface area contributed by atoms with Gasteiger partial charge in [0, 0.05) is 11.6 Å². The Labute approximate surface area is 208 Å². The summed E-state index contributed by atoms with van der Waals surface area (Å²) < 4.78 is 13.5. The van der Waals surface area contributed by atoms with Crippen molar-refractivity contribution in [2.45, 2.75) is 25.9 Å². The standard InChI is InChI=1S/C26H25Cl2N3O3/c1-18(29-25(32)17-34-20-13-11-19(27)12-14-20)26-30-22-8-3-4-9-23(22)31(26)15-6-16-33-24-10-5-2-7-21(24)28/h2-5,7-14,18H,6,15-17H2,1H3,(H,29,32). The molecule has 1 aromatic heterocycles. The summed E-state index contributed by atoms with van der Waals surface area (Å²) in [5, 5.41) is 4.18. The fourth-order valence-electron chi connectivity index (χ4n) is 3.65. The number of nitrogens with zero attached hydrogens (tertiary/aromatic N) is 2. The van der Waals surface area contributed by atoms with Crippen LogP contribution in [-0.2, 0) is 11.3 Å². The number of ether oxygens (including phenoxy) is 2. The molecule has 0 saturated heterocycles. The van der Waals surface area contributed by atoms with E-state index >= 15 is 0 Å². The Morgan fingerprint density at radius 3 is 2.53 bits per heavy atom. The first-order valence-electron chi connectivity index (χ1n) is 11.0. The summed E-state index contributed by atoms with van der Waals surface area (Å²) in [6.45, 7) is 3.00. The Kier molecular flexibility index (Phi) is 7.93. The number of carbonyl (C=O) groups is 1. The maximum Gasteiger partial charge on any atom is 0.258 e. The first-order chi connectivity index (χ1) is 16.5. The second kappa shape index (κ2) is 11.3. The zero-order chi connectivity index (χ0) is 23.9. The number of benzene rings is 3. The quantitative estimate of drug-likeness (QED) is 0.270. The van der Waals surface area contributed by atoms with Crippen molar-refractivity contribution in [2.24, 2.45) is 0 Å². The summed E-state index contributed by atoms with van der Waals surface area (Å²) in [4.78, 5) is 17.3. The van der Waals surface area contributed by atoms with Crippen LogP contribution in [0.15, 0.2) is 72.8 Å². The van der Waals surface area contributed by atoms with Gasteiger partial charge in [-0.3, -0.25) is 4.79 Å². The Bertz CT molecular complexity index is 1260. The van der Waals surface area contributed by atoms with Gasteiger partial charge < -0.3 is 19.4 Å². The number of hydrogen-bond acceptors (Lipinski definition) is 4. The summed E-state index contributed by atoms with van der Waals surface area (Å²) >= 11 is 12.1. The normalized spacial score (nSPS) is 11.9. The lowest BCUT2D eigenvalue weighted by Gasteiger charge is -2.17. The van der Waals surface area contributed by atoms with Crippen LogP contribution in [0.3, 0.4) is 0 Å². The molecule has 0 spiro atoms. The van der Waals surface area contributed by atoms with E-state index in [9.17, 15) is 4.79 Å². The van der Waals surface area contributed by atoms with E-state index in [2.05, 4.69) is 9.88 Å². The third kappa shape index (κ3) is 6.01. The van der Waals surface area contributed by atoms with Crippen LogP contribution < -0.4 is 14.8 Å². The zero-order valence-electron chi connectivity index (χ0n) is 18.7. The molecule has 0 fully saturated rings. The highest BCUT2D eigenvalue weighted by atomic mass is 35.5. The molecule has 4 aromatic rings. The number of imidazole rings is 1. The fourth-order valence-corrected chi connectivity index (χ4v) is 3.97. The van der Waals surface area contributed by atoms with Gasteiger partial charge in [0.2, 0.25) is 0 Å². The lowest BCUT2D eigenvalue weighted by atomic mass is 10.3. The maximum absolute atomic E-state index is 12.5. The highest BCUT2D eigenvalue weighted by Gasteiger charge is 2.18. The lowest BCUT2D eigenvalue weighted by molar-refractivity contribution is -0.123. The predicted octanol–water partition coefficient (Wildman–Crippen LogP) is 6.07. The van der Waals surface area contributed by atoms with Crippen LogP contribution in [0, 0.1) is 0 Å². The van der Waals surface area contributed by atoms with E-state index in [1.807, 2.05) is 49.4 Å². The highest BCUT2D eigenvalue weighted by Crippen LogP contribution is 2.24. The minimum atomic E-state index is -0.307. The number of carbonyl (C=O) groups excluding carboxylic acids is 1. The molecule has 6 nitrogen and oxygen atoms in total. The number of aryl methyl sites for hydroxylation is 1. The van der Waals surface area contributed by atoms with Crippen molar-refractivity contribution in [2.75, 3.05) is 13.2 Å². The summed E-state index contributed by atoms with van der Waals surface area (Å²) in [5.41, 5.74) is 1.89. The average Bonchev–Trinajstić information content (AvgIpc) is 3.21. The van der Waals surface area contributed by atoms with Crippen LogP contribution >= 0.6 is 23.2 Å². The molecule has 0 aliphatic heterocycles. The fraction of sp³-hybridized carbons (Fsp3) is 0.231. The average molecular weight is 498 g/mol. The van der Waals surface area contributed by atoms with E-state index in [1.165, 1.54) is 0 Å². The number of rotatable bonds is 10. The Morgan fingerprint density at radius 2 is 1.74 bits per heavy atom. The van der Waals surface area contributed by atoms with E-state index in [4.69, 9.17) is 37.7 Å². The van der Waals surface area contributed by atoms with Gasteiger partial charge in [0.1, 0.15) is 17.3 Å². The zero-order valence-corrected chi connectivity index (χ0v) is 20.2. The van der Waals surface area contributed by atoms with Gasteiger partial charge in [-0.25, -0.2) is 4.98 Å². The van der Waals surface area contributed by atoms with Gasteiger partial charge in [0.25, 0.3) is 5.91 Å². The van der Waals surface area contributed by atoms with Crippen molar-refractivity contribution < 1.29 is 14.3 Å². The van der Waals surface area contributed by atoms with E-state index < -0.39 is 0 Å². The van der Waals surface area contributed by atoms with Gasteiger partial charge in [-0.05, 0) is 61.9 Å². The smallest absolute Gasteiger partial charge is 0.258 e. The van der Waals surface area contributed by atoms with E-state index in [0.717, 1.165) is 23.3 Å². The topological polar surface area (TPSA) is 65.4 Å². The largest absolute Gasteiger partial charge is 0.492 e. The van der Waals surface area contributed by atoms with Crippen molar-refractivity contribution >= 4 is 40.1 Å². The summed E-state index contributed by atoms with van der Waals surface area (Å²) in [5.74, 6) is 1.79. The molecule has 0 radical (unpaired) electrons. The van der Waals surface area contributed by atoms with Gasteiger partial charge in [0.15, 0.2) is 6.61 Å². The van der Waals surface area contributed by atoms with Crippen molar-refractivity contribution in [3.8, 4) is 11.5 Å². The van der Waals surface area contributed by atoms with Crippen LogP contribution in [0.5, 0.6) is 11.5 Å². The molecule has 1 atom stereocenters. The minimum absolute atomic E-state index is 0.0993. The molecule has 34 heavy (non-hydrogen) atoms. The van der Waals surface area contributed by atoms with Crippen molar-refractivity contribution in [1.82, 2.24) is 14.9 Å². The predicted molar refractivity (Wildman–Crippen MR) is 135 cm³/mol. The Balaban J connectivity index is 1.39. The molecule has 0 bridgehead atoms. The van der Waals surface area contributed by atoms with Gasteiger partial charge in [-0.1, -0.05) is 47.5 Å². The SMILES string of the molecule is CC(NC(=O)COc1ccc(Cl)cc1)c1nc2ccccc2n1CCCOc1ccccc1Cl. The van der Waals surface area contributed by atoms with E-state index in [1.54, 1.807) is 30.3 Å². The molecule has 176 valence electrons. The van der Waals surface area contributed by atoms with Gasteiger partial charge in [-0.2, -0.15) is 0 Å². The molecular formula is C26H25Cl2N3O3. The highest BCUT2D eigenvalue weighted by molar-refractivity contribution is 6.32. The molecule has 4 rings (SSSR count). The van der Waals surface area contributed by atoms with Crippen LogP contribution in [0.2, 0.25) is 10.0 Å². The molecular weight excluding hydrogens is 473 g/mol. The second-order valence-electron chi connectivity index (χ2n) is 7.77. The first-order valence-corrected chi connectivity index (χ1v) is 11.8. The Hall–Kier alpha value is -3.22.